The third kappa shape index (κ3) is 10.1. The SMILES string of the molecule is CCCC(COC)NCC(=O)NCC(F)(F)F. The van der Waals surface area contributed by atoms with Gasteiger partial charge < -0.3 is 15.4 Å². The largest absolute Gasteiger partial charge is 0.405 e. The topological polar surface area (TPSA) is 50.4 Å². The van der Waals surface area contributed by atoms with E-state index in [1.807, 2.05) is 6.92 Å². The first-order valence-corrected chi connectivity index (χ1v) is 5.44. The van der Waals surface area contributed by atoms with Crippen molar-refractivity contribution in [3.63, 3.8) is 0 Å². The molecule has 2 N–H and O–H groups in total. The summed E-state index contributed by atoms with van der Waals surface area (Å²) >= 11 is 0. The number of methoxy groups -OCH3 is 1. The van der Waals surface area contributed by atoms with Crippen LogP contribution in [0, 0.1) is 0 Å². The number of halogens is 3. The first-order chi connectivity index (χ1) is 7.89. The lowest BCUT2D eigenvalue weighted by Crippen LogP contribution is -2.43. The maximum atomic E-state index is 11.8. The summed E-state index contributed by atoms with van der Waals surface area (Å²) < 4.78 is 40.3. The van der Waals surface area contributed by atoms with Gasteiger partial charge in [-0.3, -0.25) is 4.79 Å². The van der Waals surface area contributed by atoms with Crippen molar-refractivity contribution in [1.82, 2.24) is 10.6 Å². The minimum atomic E-state index is -4.37. The van der Waals surface area contributed by atoms with Crippen molar-refractivity contribution in [2.75, 3.05) is 26.8 Å². The molecule has 0 spiro atoms. The number of carbonyl (C=O) groups is 1. The molecule has 4 nitrogen and oxygen atoms in total. The van der Waals surface area contributed by atoms with Crippen LogP contribution in [0.15, 0.2) is 0 Å². The molecule has 0 fully saturated rings. The number of alkyl halides is 3. The number of hydrogen-bond donors (Lipinski definition) is 2. The Morgan fingerprint density at radius 2 is 2.06 bits per heavy atom. The monoisotopic (exact) mass is 256 g/mol. The third-order valence-corrected chi connectivity index (χ3v) is 2.04. The van der Waals surface area contributed by atoms with Crippen LogP contribution in [0.4, 0.5) is 13.2 Å². The van der Waals surface area contributed by atoms with E-state index in [-0.39, 0.29) is 12.6 Å². The van der Waals surface area contributed by atoms with Gasteiger partial charge in [-0.1, -0.05) is 13.3 Å². The number of hydrogen-bond acceptors (Lipinski definition) is 3. The number of nitrogens with one attached hydrogen (secondary N) is 2. The van der Waals surface area contributed by atoms with Gasteiger partial charge in [0, 0.05) is 13.2 Å². The molecule has 0 aromatic rings. The van der Waals surface area contributed by atoms with E-state index in [0.29, 0.717) is 6.61 Å². The molecule has 0 aliphatic rings. The van der Waals surface area contributed by atoms with Gasteiger partial charge in [-0.25, -0.2) is 0 Å². The van der Waals surface area contributed by atoms with Gasteiger partial charge in [0.1, 0.15) is 6.54 Å². The lowest BCUT2D eigenvalue weighted by molar-refractivity contribution is -0.138. The first kappa shape index (κ1) is 16.2. The maximum Gasteiger partial charge on any atom is 0.405 e. The Labute approximate surface area is 98.9 Å². The standard InChI is InChI=1S/C10H19F3N2O2/c1-3-4-8(6-17-2)14-5-9(16)15-7-10(11,12)13/h8,14H,3-7H2,1-2H3,(H,15,16). The molecular formula is C10H19F3N2O2. The van der Waals surface area contributed by atoms with E-state index in [4.69, 9.17) is 4.74 Å². The minimum Gasteiger partial charge on any atom is -0.383 e. The second-order valence-electron chi connectivity index (χ2n) is 3.71. The van der Waals surface area contributed by atoms with Crippen LogP contribution in [0.25, 0.3) is 0 Å². The van der Waals surface area contributed by atoms with E-state index in [9.17, 15) is 18.0 Å². The highest BCUT2D eigenvalue weighted by Crippen LogP contribution is 2.11. The molecule has 0 saturated carbocycles. The normalized spacial score (nSPS) is 13.5. The van der Waals surface area contributed by atoms with Crippen molar-refractivity contribution in [2.24, 2.45) is 0 Å². The smallest absolute Gasteiger partial charge is 0.383 e. The molecule has 1 unspecified atom stereocenters. The zero-order chi connectivity index (χ0) is 13.3. The summed E-state index contributed by atoms with van der Waals surface area (Å²) in [6.07, 6.45) is -2.66. The van der Waals surface area contributed by atoms with Gasteiger partial charge in [-0.2, -0.15) is 13.2 Å². The number of carbonyl (C=O) groups excluding carboxylic acids is 1. The summed E-state index contributed by atoms with van der Waals surface area (Å²) in [5.74, 6) is -0.667. The molecular weight excluding hydrogens is 237 g/mol. The molecule has 7 heteroatoms. The molecule has 0 bridgehead atoms. The molecule has 0 aromatic heterocycles. The molecule has 0 radical (unpaired) electrons. The molecule has 102 valence electrons. The molecule has 17 heavy (non-hydrogen) atoms. The Morgan fingerprint density at radius 3 is 2.53 bits per heavy atom. The van der Waals surface area contributed by atoms with Crippen molar-refractivity contribution >= 4 is 5.91 Å². The van der Waals surface area contributed by atoms with Crippen molar-refractivity contribution in [3.8, 4) is 0 Å². The predicted molar refractivity (Wildman–Crippen MR) is 57.6 cm³/mol. The van der Waals surface area contributed by atoms with Gasteiger partial charge in [0.15, 0.2) is 0 Å². The van der Waals surface area contributed by atoms with Crippen molar-refractivity contribution in [3.05, 3.63) is 0 Å². The van der Waals surface area contributed by atoms with E-state index in [2.05, 4.69) is 5.32 Å². The van der Waals surface area contributed by atoms with E-state index in [0.717, 1.165) is 12.8 Å². The van der Waals surface area contributed by atoms with Crippen LogP contribution in [0.2, 0.25) is 0 Å². The fourth-order valence-electron chi connectivity index (χ4n) is 1.29. The fraction of sp³-hybridized carbons (Fsp3) is 0.900. The van der Waals surface area contributed by atoms with Gasteiger partial charge in [-0.15, -0.1) is 0 Å². The average Bonchev–Trinajstić information content (AvgIpc) is 2.23. The van der Waals surface area contributed by atoms with Gasteiger partial charge in [0.05, 0.1) is 13.2 Å². The zero-order valence-electron chi connectivity index (χ0n) is 10.1. The predicted octanol–water partition coefficient (Wildman–Crippen LogP) is 1.07. The second kappa shape index (κ2) is 8.30. The van der Waals surface area contributed by atoms with Crippen LogP contribution in [-0.4, -0.2) is 44.9 Å². The lowest BCUT2D eigenvalue weighted by Gasteiger charge is -2.17. The fourth-order valence-corrected chi connectivity index (χ4v) is 1.29. The Bertz CT molecular complexity index is 216. The number of amides is 1. The summed E-state index contributed by atoms with van der Waals surface area (Å²) in [4.78, 5) is 11.1. The van der Waals surface area contributed by atoms with Crippen molar-refractivity contribution in [2.45, 2.75) is 32.0 Å². The molecule has 0 aliphatic carbocycles. The van der Waals surface area contributed by atoms with Gasteiger partial charge in [0.2, 0.25) is 5.91 Å². The lowest BCUT2D eigenvalue weighted by atomic mass is 10.2. The molecule has 1 atom stereocenters. The highest BCUT2D eigenvalue weighted by atomic mass is 19.4. The van der Waals surface area contributed by atoms with Crippen LogP contribution in [-0.2, 0) is 9.53 Å². The first-order valence-electron chi connectivity index (χ1n) is 5.44. The highest BCUT2D eigenvalue weighted by molar-refractivity contribution is 5.78. The van der Waals surface area contributed by atoms with Crippen LogP contribution in [0.5, 0.6) is 0 Å². The second-order valence-corrected chi connectivity index (χ2v) is 3.71. The van der Waals surface area contributed by atoms with Crippen LogP contribution >= 0.6 is 0 Å². The maximum absolute atomic E-state index is 11.8. The Hall–Kier alpha value is -0.820. The van der Waals surface area contributed by atoms with E-state index in [1.165, 1.54) is 7.11 Å². The molecule has 0 heterocycles. The van der Waals surface area contributed by atoms with Crippen molar-refractivity contribution < 1.29 is 22.7 Å². The summed E-state index contributed by atoms with van der Waals surface area (Å²) in [5.41, 5.74) is 0. The quantitative estimate of drug-likeness (QED) is 0.683. The summed E-state index contributed by atoms with van der Waals surface area (Å²) in [5, 5.41) is 4.65. The van der Waals surface area contributed by atoms with Crippen LogP contribution in [0.1, 0.15) is 19.8 Å². The average molecular weight is 256 g/mol. The zero-order valence-corrected chi connectivity index (χ0v) is 10.1. The van der Waals surface area contributed by atoms with Crippen LogP contribution in [0.3, 0.4) is 0 Å². The summed E-state index contributed by atoms with van der Waals surface area (Å²) in [6, 6.07) is -0.0124. The molecule has 0 saturated heterocycles. The Kier molecular flexibility index (Phi) is 7.90. The van der Waals surface area contributed by atoms with E-state index in [1.54, 1.807) is 5.32 Å². The van der Waals surface area contributed by atoms with E-state index >= 15 is 0 Å². The van der Waals surface area contributed by atoms with Crippen LogP contribution < -0.4 is 10.6 Å². The Balaban J connectivity index is 3.79. The Morgan fingerprint density at radius 1 is 1.41 bits per heavy atom. The van der Waals surface area contributed by atoms with Gasteiger partial charge in [0.25, 0.3) is 0 Å². The highest BCUT2D eigenvalue weighted by Gasteiger charge is 2.27. The molecule has 1 amide bonds. The van der Waals surface area contributed by atoms with Gasteiger partial charge in [-0.05, 0) is 6.42 Å². The van der Waals surface area contributed by atoms with Gasteiger partial charge >= 0.3 is 6.18 Å². The van der Waals surface area contributed by atoms with Crippen molar-refractivity contribution in [1.29, 1.82) is 0 Å². The molecule has 0 aromatic carbocycles. The summed E-state index contributed by atoms with van der Waals surface area (Å²) in [6.45, 7) is 0.981. The third-order valence-electron chi connectivity index (χ3n) is 2.04. The molecule has 0 aliphatic heterocycles. The number of ether oxygens (including phenoxy) is 1. The van der Waals surface area contributed by atoms with E-state index < -0.39 is 18.6 Å². The molecule has 0 rings (SSSR count). The number of rotatable bonds is 8. The summed E-state index contributed by atoms with van der Waals surface area (Å²) in [7, 11) is 1.54. The minimum absolute atomic E-state index is 0.0124.